The number of anilines is 2. The van der Waals surface area contributed by atoms with E-state index in [1.807, 2.05) is 0 Å². The number of nitrogen functional groups attached to an aromatic ring is 1. The van der Waals surface area contributed by atoms with E-state index in [4.69, 9.17) is 5.84 Å². The van der Waals surface area contributed by atoms with E-state index < -0.39 is 0 Å². The molecule has 0 saturated heterocycles. The standard InChI is InChI=1S/C10H19N5/c1-7(2)8(3)4-13-9-5-12-6-10(14-9)15-11/h5-8H,4,11H2,1-3H3,(H2,13,14,15). The van der Waals surface area contributed by atoms with Crippen molar-refractivity contribution < 1.29 is 0 Å². The molecule has 15 heavy (non-hydrogen) atoms. The molecule has 1 aromatic rings. The summed E-state index contributed by atoms with van der Waals surface area (Å²) >= 11 is 0. The van der Waals surface area contributed by atoms with E-state index in [1.165, 1.54) is 0 Å². The fraction of sp³-hybridized carbons (Fsp3) is 0.600. The van der Waals surface area contributed by atoms with Crippen molar-refractivity contribution in [3.05, 3.63) is 12.4 Å². The Morgan fingerprint density at radius 1 is 1.27 bits per heavy atom. The van der Waals surface area contributed by atoms with Crippen molar-refractivity contribution in [1.82, 2.24) is 9.97 Å². The summed E-state index contributed by atoms with van der Waals surface area (Å²) < 4.78 is 0. The second-order valence-corrected chi connectivity index (χ2v) is 4.04. The summed E-state index contributed by atoms with van der Waals surface area (Å²) in [6.45, 7) is 7.50. The van der Waals surface area contributed by atoms with Crippen molar-refractivity contribution in [2.24, 2.45) is 17.7 Å². The van der Waals surface area contributed by atoms with Gasteiger partial charge in [0.2, 0.25) is 0 Å². The zero-order chi connectivity index (χ0) is 11.3. The average Bonchev–Trinajstić information content (AvgIpc) is 2.26. The van der Waals surface area contributed by atoms with Crippen LogP contribution in [0.15, 0.2) is 12.4 Å². The molecular formula is C10H19N5. The van der Waals surface area contributed by atoms with Crippen LogP contribution in [0.4, 0.5) is 11.6 Å². The molecule has 0 radical (unpaired) electrons. The van der Waals surface area contributed by atoms with E-state index in [2.05, 4.69) is 41.5 Å². The molecule has 0 amide bonds. The van der Waals surface area contributed by atoms with Crippen molar-refractivity contribution in [3.8, 4) is 0 Å². The zero-order valence-corrected chi connectivity index (χ0v) is 9.49. The number of hydrogen-bond donors (Lipinski definition) is 3. The third-order valence-corrected chi connectivity index (χ3v) is 2.53. The van der Waals surface area contributed by atoms with Gasteiger partial charge in [0.25, 0.3) is 0 Å². The number of rotatable bonds is 5. The van der Waals surface area contributed by atoms with Gasteiger partial charge in [0.1, 0.15) is 5.82 Å². The molecule has 4 N–H and O–H groups in total. The molecule has 0 spiro atoms. The summed E-state index contributed by atoms with van der Waals surface area (Å²) in [6, 6.07) is 0. The summed E-state index contributed by atoms with van der Waals surface area (Å²) in [7, 11) is 0. The molecule has 0 aliphatic carbocycles. The highest BCUT2D eigenvalue weighted by molar-refractivity contribution is 5.40. The SMILES string of the molecule is CC(C)C(C)CNc1cncc(NN)n1. The smallest absolute Gasteiger partial charge is 0.160 e. The number of nitrogens with one attached hydrogen (secondary N) is 2. The van der Waals surface area contributed by atoms with Gasteiger partial charge < -0.3 is 10.7 Å². The maximum absolute atomic E-state index is 5.24. The molecule has 1 unspecified atom stereocenters. The van der Waals surface area contributed by atoms with Gasteiger partial charge in [0.05, 0.1) is 12.4 Å². The Hall–Kier alpha value is -1.36. The van der Waals surface area contributed by atoms with Crippen LogP contribution in [0.5, 0.6) is 0 Å². The minimum Gasteiger partial charge on any atom is -0.368 e. The Labute approximate surface area is 90.5 Å². The van der Waals surface area contributed by atoms with Crippen molar-refractivity contribution >= 4 is 11.6 Å². The first kappa shape index (κ1) is 11.7. The molecule has 5 nitrogen and oxygen atoms in total. The van der Waals surface area contributed by atoms with Crippen LogP contribution in [-0.4, -0.2) is 16.5 Å². The monoisotopic (exact) mass is 209 g/mol. The van der Waals surface area contributed by atoms with Gasteiger partial charge in [-0.25, -0.2) is 10.8 Å². The van der Waals surface area contributed by atoms with E-state index >= 15 is 0 Å². The predicted molar refractivity (Wildman–Crippen MR) is 62.3 cm³/mol. The van der Waals surface area contributed by atoms with E-state index in [-0.39, 0.29) is 0 Å². The van der Waals surface area contributed by atoms with E-state index in [1.54, 1.807) is 12.4 Å². The fourth-order valence-corrected chi connectivity index (χ4v) is 1.02. The molecule has 0 saturated carbocycles. The Kier molecular flexibility index (Phi) is 4.30. The third kappa shape index (κ3) is 3.71. The third-order valence-electron chi connectivity index (χ3n) is 2.53. The minimum atomic E-state index is 0.567. The molecule has 0 bridgehead atoms. The molecule has 1 atom stereocenters. The minimum absolute atomic E-state index is 0.567. The first-order chi connectivity index (χ1) is 7.13. The fourth-order valence-electron chi connectivity index (χ4n) is 1.02. The lowest BCUT2D eigenvalue weighted by molar-refractivity contribution is 0.439. The molecule has 84 valence electrons. The summed E-state index contributed by atoms with van der Waals surface area (Å²) in [5.41, 5.74) is 2.46. The van der Waals surface area contributed by atoms with Crippen LogP contribution in [0, 0.1) is 11.8 Å². The zero-order valence-electron chi connectivity index (χ0n) is 9.49. The van der Waals surface area contributed by atoms with Gasteiger partial charge in [-0.2, -0.15) is 0 Å². The molecule has 1 aromatic heterocycles. The lowest BCUT2D eigenvalue weighted by Gasteiger charge is -2.16. The summed E-state index contributed by atoms with van der Waals surface area (Å²) in [4.78, 5) is 8.22. The molecule has 0 aliphatic heterocycles. The lowest BCUT2D eigenvalue weighted by Crippen LogP contribution is -2.17. The number of aromatic nitrogens is 2. The van der Waals surface area contributed by atoms with Crippen molar-refractivity contribution in [1.29, 1.82) is 0 Å². The van der Waals surface area contributed by atoms with Crippen LogP contribution in [0.25, 0.3) is 0 Å². The van der Waals surface area contributed by atoms with Crippen LogP contribution in [0.1, 0.15) is 20.8 Å². The Morgan fingerprint density at radius 3 is 2.53 bits per heavy atom. The highest BCUT2D eigenvalue weighted by Gasteiger charge is 2.06. The van der Waals surface area contributed by atoms with Gasteiger partial charge in [0.15, 0.2) is 5.82 Å². The first-order valence-corrected chi connectivity index (χ1v) is 5.16. The first-order valence-electron chi connectivity index (χ1n) is 5.16. The van der Waals surface area contributed by atoms with Crippen molar-refractivity contribution in [2.75, 3.05) is 17.3 Å². The number of nitrogens with two attached hydrogens (primary N) is 1. The van der Waals surface area contributed by atoms with Crippen LogP contribution in [0.3, 0.4) is 0 Å². The second kappa shape index (κ2) is 5.50. The molecule has 0 aromatic carbocycles. The number of hydrogen-bond acceptors (Lipinski definition) is 5. The van der Waals surface area contributed by atoms with Crippen LogP contribution in [-0.2, 0) is 0 Å². The maximum atomic E-state index is 5.24. The predicted octanol–water partition coefficient (Wildman–Crippen LogP) is 1.47. The summed E-state index contributed by atoms with van der Waals surface area (Å²) in [6.07, 6.45) is 3.27. The molecule has 1 rings (SSSR count). The van der Waals surface area contributed by atoms with Crippen LogP contribution < -0.4 is 16.6 Å². The Balaban J connectivity index is 2.50. The average molecular weight is 209 g/mol. The van der Waals surface area contributed by atoms with E-state index in [0.717, 1.165) is 12.4 Å². The van der Waals surface area contributed by atoms with Gasteiger partial charge >= 0.3 is 0 Å². The second-order valence-electron chi connectivity index (χ2n) is 4.04. The normalized spacial score (nSPS) is 12.6. The van der Waals surface area contributed by atoms with E-state index in [0.29, 0.717) is 17.7 Å². The summed E-state index contributed by atoms with van der Waals surface area (Å²) in [5, 5.41) is 3.23. The Morgan fingerprint density at radius 2 is 1.93 bits per heavy atom. The molecular weight excluding hydrogens is 190 g/mol. The highest BCUT2D eigenvalue weighted by atomic mass is 15.3. The highest BCUT2D eigenvalue weighted by Crippen LogP contribution is 2.11. The van der Waals surface area contributed by atoms with Crippen molar-refractivity contribution in [3.63, 3.8) is 0 Å². The molecule has 0 fully saturated rings. The summed E-state index contributed by atoms with van der Waals surface area (Å²) in [5.74, 6) is 7.81. The van der Waals surface area contributed by atoms with Gasteiger partial charge in [0, 0.05) is 6.54 Å². The molecule has 1 heterocycles. The Bertz CT molecular complexity index is 300. The lowest BCUT2D eigenvalue weighted by atomic mass is 9.98. The maximum Gasteiger partial charge on any atom is 0.160 e. The quantitative estimate of drug-likeness (QED) is 0.505. The molecule has 5 heteroatoms. The van der Waals surface area contributed by atoms with Gasteiger partial charge in [-0.15, -0.1) is 0 Å². The largest absolute Gasteiger partial charge is 0.368 e. The number of hydrazine groups is 1. The topological polar surface area (TPSA) is 75.9 Å². The van der Waals surface area contributed by atoms with Crippen molar-refractivity contribution in [2.45, 2.75) is 20.8 Å². The van der Waals surface area contributed by atoms with Gasteiger partial charge in [-0.1, -0.05) is 20.8 Å². The van der Waals surface area contributed by atoms with Crippen LogP contribution >= 0.6 is 0 Å². The van der Waals surface area contributed by atoms with Gasteiger partial charge in [-0.3, -0.25) is 4.98 Å². The van der Waals surface area contributed by atoms with Gasteiger partial charge in [-0.05, 0) is 11.8 Å². The van der Waals surface area contributed by atoms with E-state index in [9.17, 15) is 0 Å². The van der Waals surface area contributed by atoms with Crippen LogP contribution in [0.2, 0.25) is 0 Å². The molecule has 0 aliphatic rings. The number of nitrogens with zero attached hydrogens (tertiary/aromatic N) is 2.